The molecule has 0 radical (unpaired) electrons. The lowest BCUT2D eigenvalue weighted by atomic mass is 9.98. The van der Waals surface area contributed by atoms with Crippen molar-refractivity contribution in [2.45, 2.75) is 71.1 Å². The highest BCUT2D eigenvalue weighted by molar-refractivity contribution is 5.93. The fraction of sp³-hybridized carbons (Fsp3) is 0.762. The number of hydroxylamine groups is 2. The van der Waals surface area contributed by atoms with Crippen LogP contribution in [-0.4, -0.2) is 78.4 Å². The Kier molecular flexibility index (Phi) is 7.37. The maximum Gasteiger partial charge on any atom is 0.377 e. The van der Waals surface area contributed by atoms with Crippen molar-refractivity contribution in [1.29, 1.82) is 0 Å². The molecule has 2 atom stereocenters. The van der Waals surface area contributed by atoms with Crippen molar-refractivity contribution in [1.82, 2.24) is 9.96 Å². The lowest BCUT2D eigenvalue weighted by Gasteiger charge is -2.32. The van der Waals surface area contributed by atoms with E-state index in [-0.39, 0.29) is 19.4 Å². The smallest absolute Gasteiger partial charge is 0.377 e. The molecule has 0 aromatic heterocycles. The third kappa shape index (κ3) is 5.37. The number of aliphatic imine (C=N–C) groups is 1. The number of carbonyl (C=O) groups is 4. The Morgan fingerprint density at radius 1 is 1.16 bits per heavy atom. The highest BCUT2D eigenvalue weighted by atomic mass is 16.8. The zero-order chi connectivity index (χ0) is 23.4. The van der Waals surface area contributed by atoms with E-state index in [0.717, 1.165) is 31.0 Å². The number of carbonyl (C=O) groups excluding carboxylic acids is 4. The molecule has 3 heterocycles. The van der Waals surface area contributed by atoms with Gasteiger partial charge in [0.15, 0.2) is 6.04 Å². The van der Waals surface area contributed by atoms with Crippen LogP contribution in [-0.2, 0) is 38.2 Å². The summed E-state index contributed by atoms with van der Waals surface area (Å²) in [7, 11) is 0. The molecule has 3 fully saturated rings. The van der Waals surface area contributed by atoms with Gasteiger partial charge in [-0.25, -0.2) is 4.79 Å². The predicted octanol–water partition coefficient (Wildman–Crippen LogP) is 1.16. The van der Waals surface area contributed by atoms with Gasteiger partial charge in [-0.3, -0.25) is 24.2 Å². The van der Waals surface area contributed by atoms with Gasteiger partial charge in [-0.2, -0.15) is 5.06 Å². The number of ether oxygens (including phenoxy) is 3. The molecule has 32 heavy (non-hydrogen) atoms. The monoisotopic (exact) mass is 453 g/mol. The van der Waals surface area contributed by atoms with Gasteiger partial charge in [0.2, 0.25) is 6.79 Å². The fourth-order valence-corrected chi connectivity index (χ4v) is 3.59. The zero-order valence-corrected chi connectivity index (χ0v) is 18.8. The molecule has 0 saturated carbocycles. The van der Waals surface area contributed by atoms with Crippen LogP contribution < -0.4 is 0 Å². The minimum atomic E-state index is -2.06. The summed E-state index contributed by atoms with van der Waals surface area (Å²) in [5, 5.41) is 0.746. The quantitative estimate of drug-likeness (QED) is 0.252. The van der Waals surface area contributed by atoms with Gasteiger partial charge < -0.3 is 19.1 Å². The second-order valence-corrected chi connectivity index (χ2v) is 9.15. The van der Waals surface area contributed by atoms with Crippen LogP contribution in [0.3, 0.4) is 0 Å². The molecule has 3 rings (SSSR count). The summed E-state index contributed by atoms with van der Waals surface area (Å²) in [5.74, 6) is -2.88. The van der Waals surface area contributed by atoms with E-state index in [1.54, 1.807) is 27.1 Å². The van der Waals surface area contributed by atoms with Gasteiger partial charge in [0.25, 0.3) is 5.91 Å². The number of likely N-dealkylation sites (tertiary alicyclic amines) is 1. The molecule has 0 aliphatic carbocycles. The van der Waals surface area contributed by atoms with E-state index in [1.165, 1.54) is 12.8 Å². The minimum absolute atomic E-state index is 0.0885. The summed E-state index contributed by atoms with van der Waals surface area (Å²) >= 11 is 0. The zero-order valence-electron chi connectivity index (χ0n) is 18.8. The highest BCUT2D eigenvalue weighted by Crippen LogP contribution is 2.35. The van der Waals surface area contributed by atoms with Crippen LogP contribution >= 0.6 is 0 Å². The van der Waals surface area contributed by atoms with Gasteiger partial charge in [0.05, 0.1) is 18.2 Å². The predicted molar refractivity (Wildman–Crippen MR) is 110 cm³/mol. The number of nitrogens with zero attached hydrogens (tertiary/aromatic N) is 3. The van der Waals surface area contributed by atoms with Crippen LogP contribution in [0.4, 0.5) is 0 Å². The second-order valence-electron chi connectivity index (χ2n) is 9.15. The molecule has 3 saturated heterocycles. The first-order valence-corrected chi connectivity index (χ1v) is 10.9. The Morgan fingerprint density at radius 3 is 2.44 bits per heavy atom. The van der Waals surface area contributed by atoms with Gasteiger partial charge in [-0.05, 0) is 33.6 Å². The Morgan fingerprint density at radius 2 is 1.84 bits per heavy atom. The van der Waals surface area contributed by atoms with Gasteiger partial charge in [-0.15, -0.1) is 0 Å². The second kappa shape index (κ2) is 9.85. The van der Waals surface area contributed by atoms with E-state index in [9.17, 15) is 19.2 Å². The van der Waals surface area contributed by atoms with Crippen molar-refractivity contribution in [3.63, 3.8) is 0 Å². The van der Waals surface area contributed by atoms with Crippen molar-refractivity contribution < 1.29 is 38.2 Å². The number of cyclic esters (lactones) is 1. The number of rotatable bonds is 6. The van der Waals surface area contributed by atoms with Crippen molar-refractivity contribution in [3.05, 3.63) is 0 Å². The number of esters is 3. The molecule has 11 heteroatoms. The largest absolute Gasteiger partial charge is 0.427 e. The van der Waals surface area contributed by atoms with E-state index in [0.29, 0.717) is 0 Å². The molecule has 178 valence electrons. The van der Waals surface area contributed by atoms with Crippen LogP contribution in [0.15, 0.2) is 4.99 Å². The number of amides is 1. The van der Waals surface area contributed by atoms with Crippen molar-refractivity contribution in [2.24, 2.45) is 10.4 Å². The summed E-state index contributed by atoms with van der Waals surface area (Å²) in [5.41, 5.74) is -2.84. The lowest BCUT2D eigenvalue weighted by molar-refractivity contribution is -0.262. The molecular weight excluding hydrogens is 422 g/mol. The molecule has 0 aromatic rings. The Balaban J connectivity index is 1.65. The normalized spacial score (nSPS) is 26.9. The van der Waals surface area contributed by atoms with Crippen LogP contribution in [0, 0.1) is 5.41 Å². The van der Waals surface area contributed by atoms with E-state index < -0.39 is 47.8 Å². The minimum Gasteiger partial charge on any atom is -0.427 e. The SMILES string of the molecule is CC(C)(C)C(=O)OCOC(=O)C1(N2OC[C@H](/N=C\N3CCCCCC3)C2=O)CCC(=O)O1. The number of hydrogen-bond acceptors (Lipinski definition) is 9. The molecule has 0 aromatic carbocycles. The summed E-state index contributed by atoms with van der Waals surface area (Å²) in [6.07, 6.45) is 5.90. The van der Waals surface area contributed by atoms with E-state index >= 15 is 0 Å². The average Bonchev–Trinajstić information content (AvgIpc) is 3.19. The molecule has 3 aliphatic heterocycles. The summed E-state index contributed by atoms with van der Waals surface area (Å²) in [6, 6.07) is -0.860. The molecule has 11 nitrogen and oxygen atoms in total. The highest BCUT2D eigenvalue weighted by Gasteiger charge is 2.60. The van der Waals surface area contributed by atoms with Crippen molar-refractivity contribution >= 4 is 30.2 Å². The van der Waals surface area contributed by atoms with Crippen molar-refractivity contribution in [2.75, 3.05) is 26.5 Å². The topological polar surface area (TPSA) is 124 Å². The van der Waals surface area contributed by atoms with Gasteiger partial charge in [0.1, 0.15) is 6.61 Å². The molecular formula is C21H31N3O8. The molecule has 1 amide bonds. The first-order valence-electron chi connectivity index (χ1n) is 10.9. The van der Waals surface area contributed by atoms with E-state index in [1.807, 2.05) is 0 Å². The van der Waals surface area contributed by atoms with Crippen molar-refractivity contribution in [3.8, 4) is 0 Å². The molecule has 0 N–H and O–H groups in total. The fourth-order valence-electron chi connectivity index (χ4n) is 3.59. The van der Waals surface area contributed by atoms with E-state index in [2.05, 4.69) is 9.89 Å². The molecule has 0 spiro atoms. The third-order valence-corrected chi connectivity index (χ3v) is 5.49. The van der Waals surface area contributed by atoms with Crippen LogP contribution in [0.2, 0.25) is 0 Å². The van der Waals surface area contributed by atoms with Gasteiger partial charge in [-0.1, -0.05) is 12.8 Å². The first-order chi connectivity index (χ1) is 15.1. The lowest BCUT2D eigenvalue weighted by Crippen LogP contribution is -2.56. The molecule has 1 unspecified atom stereocenters. The maximum atomic E-state index is 12.9. The standard InChI is InChI=1S/C21H31N3O8/c1-20(2,3)18(27)29-14-30-19(28)21(9-8-16(25)32-21)24-17(26)15(12-31-24)22-13-23-10-6-4-5-7-11-23/h13,15H,4-12,14H2,1-3H3/b22-13-/t15-,21?/m0/s1. The molecule has 0 bridgehead atoms. The van der Waals surface area contributed by atoms with Gasteiger partial charge >= 0.3 is 23.6 Å². The average molecular weight is 453 g/mol. The van der Waals surface area contributed by atoms with Gasteiger partial charge in [0, 0.05) is 19.5 Å². The summed E-state index contributed by atoms with van der Waals surface area (Å²) < 4.78 is 15.2. The van der Waals surface area contributed by atoms with Crippen LogP contribution in [0.5, 0.6) is 0 Å². The Bertz CT molecular complexity index is 769. The Labute approximate surface area is 186 Å². The summed E-state index contributed by atoms with van der Waals surface area (Å²) in [4.78, 5) is 61.3. The van der Waals surface area contributed by atoms with E-state index in [4.69, 9.17) is 19.0 Å². The first kappa shape index (κ1) is 24.0. The Hall–Kier alpha value is -2.69. The molecule has 3 aliphatic rings. The third-order valence-electron chi connectivity index (χ3n) is 5.49. The van der Waals surface area contributed by atoms with Crippen LogP contribution in [0.1, 0.15) is 59.3 Å². The number of hydrogen-bond donors (Lipinski definition) is 0. The maximum absolute atomic E-state index is 12.9. The summed E-state index contributed by atoms with van der Waals surface area (Å²) in [6.45, 7) is 5.94. The van der Waals surface area contributed by atoms with Crippen LogP contribution in [0.25, 0.3) is 0 Å².